The van der Waals surface area contributed by atoms with E-state index in [4.69, 9.17) is 28.4 Å². The Morgan fingerprint density at radius 2 is 1.66 bits per heavy atom. The average Bonchev–Trinajstić information content (AvgIpc) is 3.30. The molecule has 0 radical (unpaired) electrons. The van der Waals surface area contributed by atoms with E-state index in [1.807, 2.05) is 0 Å². The van der Waals surface area contributed by atoms with Gasteiger partial charge >= 0.3 is 5.97 Å². The van der Waals surface area contributed by atoms with Crippen molar-refractivity contribution in [1.29, 1.82) is 0 Å². The first-order chi connectivity index (χ1) is 19.9. The Kier molecular flexibility index (Phi) is 6.37. The summed E-state index contributed by atoms with van der Waals surface area (Å²) >= 11 is 0. The summed E-state index contributed by atoms with van der Waals surface area (Å²) in [4.78, 5) is 42.3. The molecule has 1 N–H and O–H groups in total. The lowest BCUT2D eigenvalue weighted by Gasteiger charge is -2.26. The minimum absolute atomic E-state index is 0.0340. The molecule has 2 aliphatic heterocycles. The third-order valence-electron chi connectivity index (χ3n) is 7.26. The van der Waals surface area contributed by atoms with Crippen molar-refractivity contribution >= 4 is 28.7 Å². The summed E-state index contributed by atoms with van der Waals surface area (Å²) in [6.07, 6.45) is 1.44. The van der Waals surface area contributed by atoms with Gasteiger partial charge in [-0.25, -0.2) is 0 Å². The van der Waals surface area contributed by atoms with Gasteiger partial charge in [0.1, 0.15) is 17.2 Å². The van der Waals surface area contributed by atoms with E-state index in [2.05, 4.69) is 4.98 Å². The van der Waals surface area contributed by atoms with Crippen molar-refractivity contribution in [3.63, 3.8) is 0 Å². The Bertz CT molecular complexity index is 1840. The fourth-order valence-electron chi connectivity index (χ4n) is 5.34. The van der Waals surface area contributed by atoms with Crippen LogP contribution >= 0.6 is 0 Å². The van der Waals surface area contributed by atoms with Crippen molar-refractivity contribution in [2.45, 2.75) is 12.3 Å². The first kappa shape index (κ1) is 26.0. The van der Waals surface area contributed by atoms with Crippen LogP contribution in [0.15, 0.2) is 59.1 Å². The van der Waals surface area contributed by atoms with Gasteiger partial charge in [-0.2, -0.15) is 0 Å². The van der Waals surface area contributed by atoms with Crippen molar-refractivity contribution in [3.8, 4) is 34.5 Å². The molecule has 0 spiro atoms. The Hall–Kier alpha value is -5.25. The first-order valence-electron chi connectivity index (χ1n) is 12.7. The number of hydrogen-bond acceptors (Lipinski definition) is 9. The molecule has 10 heteroatoms. The fraction of sp³-hybridized carbons (Fsp3) is 0.194. The molecule has 4 aromatic rings. The van der Waals surface area contributed by atoms with Crippen LogP contribution in [0.4, 0.5) is 0 Å². The van der Waals surface area contributed by atoms with Crippen molar-refractivity contribution in [2.24, 2.45) is 0 Å². The number of pyridine rings is 1. The SMILES string of the molecule is COc1ccc2[nH]c(=O)c([C@@H]3CC(=O)Oc4ccc5c(c43)O/C(=C\c3ccc(OC)c(OC)c3OC)C5=O)cc2c1. The number of esters is 1. The van der Waals surface area contributed by atoms with E-state index in [1.165, 1.54) is 21.3 Å². The Balaban J connectivity index is 1.48. The molecular weight excluding hydrogens is 530 g/mol. The number of allylic oxidation sites excluding steroid dienone is 1. The second-order valence-corrected chi connectivity index (χ2v) is 9.46. The zero-order chi connectivity index (χ0) is 28.8. The minimum Gasteiger partial charge on any atom is -0.497 e. The predicted octanol–water partition coefficient (Wildman–Crippen LogP) is 4.62. The molecule has 1 aromatic heterocycles. The molecule has 0 unspecified atom stereocenters. The monoisotopic (exact) mass is 555 g/mol. The number of ether oxygens (including phenoxy) is 6. The minimum atomic E-state index is -0.719. The molecule has 3 aromatic carbocycles. The second kappa shape index (κ2) is 10.1. The third kappa shape index (κ3) is 4.24. The van der Waals surface area contributed by atoms with Gasteiger partial charge in [0.2, 0.25) is 11.5 Å². The topological polar surface area (TPSA) is 122 Å². The standard InChI is InChI=1S/C31H25NO9/c1-36-17-6-8-21-16(11-17)12-20(31(35)32-21)19-14-25(33)40-22-10-7-18-27(34)24(41-29(18)26(19)22)13-15-5-9-23(37-2)30(39-4)28(15)38-3/h5-13,19H,14H2,1-4H3,(H,32,35)/b24-13-/t19-/m0/s1. The van der Waals surface area contributed by atoms with Gasteiger partial charge < -0.3 is 33.4 Å². The van der Waals surface area contributed by atoms with Gasteiger partial charge in [-0.05, 0) is 54.6 Å². The number of carbonyl (C=O) groups is 2. The predicted molar refractivity (Wildman–Crippen MR) is 149 cm³/mol. The van der Waals surface area contributed by atoms with Gasteiger partial charge in [0.15, 0.2) is 17.3 Å². The summed E-state index contributed by atoms with van der Waals surface area (Å²) in [5, 5.41) is 0.727. The Morgan fingerprint density at radius 3 is 2.39 bits per heavy atom. The number of benzene rings is 3. The summed E-state index contributed by atoms with van der Waals surface area (Å²) in [6, 6.07) is 13.5. The normalized spacial score (nSPS) is 16.6. The number of Topliss-reactive ketones (excluding diaryl/α,β-unsaturated/α-hetero) is 1. The molecule has 0 saturated carbocycles. The lowest BCUT2D eigenvalue weighted by Crippen LogP contribution is -2.26. The van der Waals surface area contributed by atoms with E-state index in [1.54, 1.807) is 61.7 Å². The van der Waals surface area contributed by atoms with E-state index in [-0.39, 0.29) is 40.6 Å². The van der Waals surface area contributed by atoms with E-state index in [9.17, 15) is 14.4 Å². The molecule has 2 aliphatic rings. The van der Waals surface area contributed by atoms with Crippen LogP contribution < -0.4 is 34.0 Å². The number of carbonyl (C=O) groups excluding carboxylic acids is 2. The van der Waals surface area contributed by atoms with Gasteiger partial charge in [0, 0.05) is 33.5 Å². The van der Waals surface area contributed by atoms with E-state index in [0.717, 1.165) is 5.39 Å². The van der Waals surface area contributed by atoms with Gasteiger partial charge in [-0.1, -0.05) is 0 Å². The molecule has 208 valence electrons. The Labute approximate surface area is 234 Å². The van der Waals surface area contributed by atoms with Crippen LogP contribution in [-0.4, -0.2) is 45.2 Å². The van der Waals surface area contributed by atoms with Crippen molar-refractivity contribution in [1.82, 2.24) is 4.98 Å². The summed E-state index contributed by atoms with van der Waals surface area (Å²) in [5.74, 6) is 0.723. The Morgan fingerprint density at radius 1 is 0.854 bits per heavy atom. The van der Waals surface area contributed by atoms with Crippen LogP contribution in [0, 0.1) is 0 Å². The van der Waals surface area contributed by atoms with Gasteiger partial charge in [-0.3, -0.25) is 14.4 Å². The van der Waals surface area contributed by atoms with Crippen molar-refractivity contribution < 1.29 is 38.0 Å². The first-order valence-corrected chi connectivity index (χ1v) is 12.7. The molecule has 0 aliphatic carbocycles. The number of methoxy groups -OCH3 is 4. The van der Waals surface area contributed by atoms with Gasteiger partial charge in [0.25, 0.3) is 5.56 Å². The molecule has 10 nitrogen and oxygen atoms in total. The van der Waals surface area contributed by atoms with E-state index >= 15 is 0 Å². The molecule has 0 bridgehead atoms. The van der Waals surface area contributed by atoms with Crippen molar-refractivity contribution in [2.75, 3.05) is 28.4 Å². The van der Waals surface area contributed by atoms with Crippen LogP contribution in [-0.2, 0) is 4.79 Å². The van der Waals surface area contributed by atoms with Crippen LogP contribution in [0.5, 0.6) is 34.5 Å². The average molecular weight is 556 g/mol. The van der Waals surface area contributed by atoms with Crippen LogP contribution in [0.1, 0.15) is 39.4 Å². The highest BCUT2D eigenvalue weighted by molar-refractivity contribution is 6.15. The molecule has 1 atom stereocenters. The maximum absolute atomic E-state index is 13.5. The number of fused-ring (bicyclic) bond motifs is 4. The van der Waals surface area contributed by atoms with Gasteiger partial charge in [0.05, 0.1) is 40.4 Å². The summed E-state index contributed by atoms with van der Waals surface area (Å²) < 4.78 is 33.4. The molecule has 3 heterocycles. The highest BCUT2D eigenvalue weighted by atomic mass is 16.5. The number of H-pyrrole nitrogens is 1. The number of aromatic nitrogens is 1. The lowest BCUT2D eigenvalue weighted by molar-refractivity contribution is -0.135. The summed E-state index contributed by atoms with van der Waals surface area (Å²) in [7, 11) is 6.04. The molecule has 0 saturated heterocycles. The molecule has 41 heavy (non-hydrogen) atoms. The zero-order valence-corrected chi connectivity index (χ0v) is 22.7. The number of hydrogen-bond donors (Lipinski definition) is 1. The maximum atomic E-state index is 13.5. The number of nitrogens with one attached hydrogen (secondary N) is 1. The highest BCUT2D eigenvalue weighted by Gasteiger charge is 2.39. The molecule has 0 fully saturated rings. The largest absolute Gasteiger partial charge is 0.497 e. The van der Waals surface area contributed by atoms with Gasteiger partial charge in [-0.15, -0.1) is 0 Å². The fourth-order valence-corrected chi connectivity index (χ4v) is 5.34. The molecular formula is C31H25NO9. The van der Waals surface area contributed by atoms with E-state index in [0.29, 0.717) is 45.2 Å². The number of ketones is 1. The molecule has 0 amide bonds. The molecule has 6 rings (SSSR count). The smallest absolute Gasteiger partial charge is 0.312 e. The van der Waals surface area contributed by atoms with E-state index < -0.39 is 11.9 Å². The lowest BCUT2D eigenvalue weighted by atomic mass is 9.85. The van der Waals surface area contributed by atoms with Crippen LogP contribution in [0.3, 0.4) is 0 Å². The van der Waals surface area contributed by atoms with Crippen LogP contribution in [0.25, 0.3) is 17.0 Å². The number of aromatic amines is 1. The van der Waals surface area contributed by atoms with Crippen molar-refractivity contribution in [3.05, 3.63) is 86.9 Å². The summed E-state index contributed by atoms with van der Waals surface area (Å²) in [5.41, 5.74) is 1.87. The second-order valence-electron chi connectivity index (χ2n) is 9.46. The maximum Gasteiger partial charge on any atom is 0.312 e. The number of rotatable bonds is 6. The third-order valence-corrected chi connectivity index (χ3v) is 7.26. The summed E-state index contributed by atoms with van der Waals surface area (Å²) in [6.45, 7) is 0. The highest BCUT2D eigenvalue weighted by Crippen LogP contribution is 2.49. The van der Waals surface area contributed by atoms with Crippen LogP contribution in [0.2, 0.25) is 0 Å². The zero-order valence-electron chi connectivity index (χ0n) is 22.7. The quantitative estimate of drug-likeness (QED) is 0.206.